The van der Waals surface area contributed by atoms with E-state index in [9.17, 15) is 0 Å². The number of rotatable bonds is 6. The van der Waals surface area contributed by atoms with E-state index in [2.05, 4.69) is 145 Å². The van der Waals surface area contributed by atoms with Gasteiger partial charge in [-0.15, -0.1) is 0 Å². The molecule has 0 aliphatic heterocycles. The molecule has 6 rings (SSSR count). The van der Waals surface area contributed by atoms with Crippen LogP contribution in [-0.4, -0.2) is 5.92 Å². The van der Waals surface area contributed by atoms with Gasteiger partial charge in [-0.1, -0.05) is 0 Å². The third-order valence-electron chi connectivity index (χ3n) is 10.1. The van der Waals surface area contributed by atoms with Crippen LogP contribution in [0.5, 0.6) is 0 Å². The molecule has 4 aromatic carbocycles. The summed E-state index contributed by atoms with van der Waals surface area (Å²) in [5.41, 5.74) is 15.9. The number of halogens is 2. The van der Waals surface area contributed by atoms with Gasteiger partial charge in [0.25, 0.3) is 0 Å². The fourth-order valence-corrected chi connectivity index (χ4v) is 40.1. The van der Waals surface area contributed by atoms with Gasteiger partial charge in [-0.2, -0.15) is 0 Å². The fraction of sp³-hybridized carbons (Fsp3) is 0.263. The third kappa shape index (κ3) is 4.47. The zero-order valence-corrected chi connectivity index (χ0v) is 30.9. The Hall–Kier alpha value is -1.96. The molecule has 0 radical (unpaired) electrons. The molecule has 42 heavy (non-hydrogen) atoms. The maximum atomic E-state index is 8.59. The molecule has 0 N–H and O–H groups in total. The number of aryl methyl sites for hydroxylation is 2. The molecule has 0 aromatic heterocycles. The van der Waals surface area contributed by atoms with Crippen LogP contribution in [0.15, 0.2) is 96.1 Å². The number of hydrogen-bond acceptors (Lipinski definition) is 0. The minimum absolute atomic E-state index is 0.0967. The molecule has 2 aliphatic rings. The van der Waals surface area contributed by atoms with Crippen molar-refractivity contribution in [2.75, 3.05) is 0 Å². The van der Waals surface area contributed by atoms with Crippen molar-refractivity contribution in [3.8, 4) is 22.3 Å². The van der Waals surface area contributed by atoms with E-state index < -0.39 is 21.5 Å². The van der Waals surface area contributed by atoms with Crippen LogP contribution < -0.4 is 0 Å². The van der Waals surface area contributed by atoms with Crippen LogP contribution in [0.3, 0.4) is 0 Å². The average molecular weight is 688 g/mol. The van der Waals surface area contributed by atoms with Crippen molar-refractivity contribution < 1.29 is 15.6 Å². The minimum atomic E-state index is -4.79. The summed E-state index contributed by atoms with van der Waals surface area (Å²) in [5, 5.41) is 0. The Balaban J connectivity index is 1.62. The first kappa shape index (κ1) is 30.1. The molecule has 2 unspecified atom stereocenters. The molecular weight excluding hydrogens is 647 g/mol. The molecule has 0 saturated carbocycles. The van der Waals surface area contributed by atoms with Crippen molar-refractivity contribution in [3.63, 3.8) is 0 Å². The van der Waals surface area contributed by atoms with Gasteiger partial charge < -0.3 is 0 Å². The number of allylic oxidation sites excluding steroid dienone is 2. The number of hydrogen-bond donors (Lipinski definition) is 0. The normalized spacial score (nSPS) is 18.9. The van der Waals surface area contributed by atoms with Gasteiger partial charge in [-0.05, 0) is 0 Å². The maximum absolute atomic E-state index is 8.59. The van der Waals surface area contributed by atoms with Gasteiger partial charge in [0.1, 0.15) is 0 Å². The second-order valence-electron chi connectivity index (χ2n) is 13.2. The van der Waals surface area contributed by atoms with E-state index in [-0.39, 0.29) is 7.25 Å². The van der Waals surface area contributed by atoms with Crippen LogP contribution in [0.1, 0.15) is 61.4 Å². The fourth-order valence-electron chi connectivity index (χ4n) is 7.89. The molecule has 0 amide bonds. The van der Waals surface area contributed by atoms with E-state index in [1.54, 1.807) is 0 Å². The van der Waals surface area contributed by atoms with Crippen LogP contribution in [0.2, 0.25) is 13.1 Å². The Bertz CT molecular complexity index is 1760. The van der Waals surface area contributed by atoms with Crippen molar-refractivity contribution in [1.82, 2.24) is 0 Å². The second kappa shape index (κ2) is 10.9. The van der Waals surface area contributed by atoms with Crippen molar-refractivity contribution in [3.05, 3.63) is 129 Å². The molecule has 215 valence electrons. The molecular formula is C38H41Cl2SiZr. The first-order chi connectivity index (χ1) is 19.9. The molecule has 4 heteroatoms. The van der Waals surface area contributed by atoms with E-state index in [4.69, 9.17) is 17.0 Å². The van der Waals surface area contributed by atoms with Crippen LogP contribution in [0.25, 0.3) is 34.4 Å². The summed E-state index contributed by atoms with van der Waals surface area (Å²) in [6.45, 7) is 16.3. The van der Waals surface area contributed by atoms with E-state index in [1.807, 2.05) is 0 Å². The average Bonchev–Trinajstić information content (AvgIpc) is 3.54. The summed E-state index contributed by atoms with van der Waals surface area (Å²) in [7, 11) is 17.2. The molecule has 2 atom stereocenters. The third-order valence-corrected chi connectivity index (χ3v) is 62.0. The van der Waals surface area contributed by atoms with Crippen LogP contribution in [0, 0.1) is 19.8 Å². The van der Waals surface area contributed by atoms with E-state index >= 15 is 0 Å². The van der Waals surface area contributed by atoms with E-state index in [0.29, 0.717) is 5.92 Å². The van der Waals surface area contributed by atoms with E-state index in [0.717, 1.165) is 0 Å². The monoisotopic (exact) mass is 685 g/mol. The zero-order valence-electron chi connectivity index (χ0n) is 25.8. The van der Waals surface area contributed by atoms with Crippen LogP contribution >= 0.6 is 17.0 Å². The first-order valence-corrected chi connectivity index (χ1v) is 31.6. The molecule has 2 aliphatic carbocycles. The first-order valence-electron chi connectivity index (χ1n) is 15.3. The van der Waals surface area contributed by atoms with E-state index in [1.165, 1.54) is 66.8 Å². The van der Waals surface area contributed by atoms with Crippen molar-refractivity contribution >= 4 is 35.1 Å². The zero-order chi connectivity index (χ0) is 30.0. The number of fused-ring (bicyclic) bond motifs is 2. The molecule has 0 bridgehead atoms. The predicted octanol–water partition coefficient (Wildman–Crippen LogP) is 11.9. The Morgan fingerprint density at radius 2 is 1.31 bits per heavy atom. The molecule has 0 fully saturated rings. The van der Waals surface area contributed by atoms with Gasteiger partial charge in [-0.3, -0.25) is 0 Å². The van der Waals surface area contributed by atoms with Gasteiger partial charge in [0.05, 0.1) is 0 Å². The van der Waals surface area contributed by atoms with Gasteiger partial charge in [0, 0.05) is 0 Å². The molecule has 4 aromatic rings. The number of benzene rings is 4. The molecule has 0 spiro atoms. The molecule has 0 saturated heterocycles. The van der Waals surface area contributed by atoms with Gasteiger partial charge in [-0.25, -0.2) is 0 Å². The summed E-state index contributed by atoms with van der Waals surface area (Å²) in [5.74, 6) is -1.25. The molecule has 0 heterocycles. The topological polar surface area (TPSA) is 0 Å². The van der Waals surface area contributed by atoms with Crippen molar-refractivity contribution in [2.45, 2.75) is 55.0 Å². The predicted molar refractivity (Wildman–Crippen MR) is 186 cm³/mol. The second-order valence-corrected chi connectivity index (χ2v) is 55.7. The quantitative estimate of drug-likeness (QED) is 0.177. The van der Waals surface area contributed by atoms with Crippen molar-refractivity contribution in [2.24, 2.45) is 5.92 Å². The summed E-state index contributed by atoms with van der Waals surface area (Å²) in [4.78, 5) is 0. The summed E-state index contributed by atoms with van der Waals surface area (Å²) in [6.07, 6.45) is 4.89. The molecule has 0 nitrogen and oxygen atoms in total. The van der Waals surface area contributed by atoms with Crippen molar-refractivity contribution in [1.29, 1.82) is 0 Å². The SMILES string of the molecule is CC1=Cc2c(-c3ccccc3)ccc(C)c2[CH]1[Zr]([Cl])([Cl])([CH]1C(C(C)C)=Cc2c(-c3ccccc3C)cccc21)[SiH](C)C. The Labute approximate surface area is 261 Å². The van der Waals surface area contributed by atoms with Crippen LogP contribution in [-0.2, 0) is 15.6 Å². The van der Waals surface area contributed by atoms with Crippen LogP contribution in [0.4, 0.5) is 0 Å². The summed E-state index contributed by atoms with van der Waals surface area (Å²) < 4.78 is 0.194. The van der Waals surface area contributed by atoms with Gasteiger partial charge in [0.15, 0.2) is 0 Å². The Morgan fingerprint density at radius 3 is 1.98 bits per heavy atom. The summed E-state index contributed by atoms with van der Waals surface area (Å²) >= 11 is -4.79. The Morgan fingerprint density at radius 1 is 0.643 bits per heavy atom. The van der Waals surface area contributed by atoms with Gasteiger partial charge >= 0.3 is 263 Å². The summed E-state index contributed by atoms with van der Waals surface area (Å²) in [6, 6.07) is 30.9. The standard InChI is InChI=1S/C19H19.C17H15.C2H7Si.2ClH.Zr/c1-13(2)16-11-15-8-6-10-18(19(15)12-16)17-9-5-4-7-14(17)3;1-12-10-16-13(2)8-9-15(17(16)11-12)14-6-4-3-5-7-14;1-3-2;;;/h4-13H,1-3H3;3-11H,1-2H3;3H,1-2H3;2*1H;/q;;;;;+2/p-2. The van der Waals surface area contributed by atoms with Gasteiger partial charge in [0.2, 0.25) is 0 Å². The Kier molecular flexibility index (Phi) is 7.80.